The van der Waals surface area contributed by atoms with Crippen LogP contribution in [0.5, 0.6) is 0 Å². The van der Waals surface area contributed by atoms with Crippen molar-refractivity contribution in [2.45, 2.75) is 92.0 Å². The van der Waals surface area contributed by atoms with E-state index in [2.05, 4.69) is 92.9 Å². The van der Waals surface area contributed by atoms with Crippen LogP contribution < -0.4 is 0 Å². The summed E-state index contributed by atoms with van der Waals surface area (Å²) in [6, 6.07) is 22.6. The lowest BCUT2D eigenvalue weighted by Gasteiger charge is -2.16. The van der Waals surface area contributed by atoms with Gasteiger partial charge in [-0.05, 0) is 92.8 Å². The van der Waals surface area contributed by atoms with Gasteiger partial charge in [0.05, 0.1) is 53.6 Å². The molecular weight excluding hydrogens is 943 g/mol. The van der Waals surface area contributed by atoms with Crippen LogP contribution in [0.2, 0.25) is 0 Å². The van der Waals surface area contributed by atoms with Crippen molar-refractivity contribution in [2.24, 2.45) is 5.92 Å². The molecule has 0 bridgehead atoms. The minimum Gasteiger partial charge on any atom is -0.339 e. The number of rotatable bonds is 17. The number of unbranched alkanes of at least 4 members (excludes halogenated alkanes) is 4. The van der Waals surface area contributed by atoms with Crippen molar-refractivity contribution in [1.82, 2.24) is 32.0 Å². The van der Waals surface area contributed by atoms with Crippen molar-refractivity contribution in [3.05, 3.63) is 82.8 Å². The normalized spacial score (nSPS) is 12.6. The molecule has 1 unspecified atom stereocenters. The molecule has 0 spiro atoms. The summed E-state index contributed by atoms with van der Waals surface area (Å²) in [5.41, 5.74) is 10.0. The Kier molecular flexibility index (Phi) is 12.2. The SMILES string of the molecule is CCCCCCc1ccc(-c2ccc(-c3cnc(-c4cc5c(s4)c4sc(-c6ncc(-c7ccc(-c8ccc(C)s8)s7)c7nsnc67)cc4n5CC(CC)CCCC)c4nsnc34)s2)s1. The lowest BCUT2D eigenvalue weighted by atomic mass is 9.99. The molecule has 0 amide bonds. The zero-order valence-electron chi connectivity index (χ0n) is 36.0. The van der Waals surface area contributed by atoms with Gasteiger partial charge in [0.1, 0.15) is 33.5 Å². The van der Waals surface area contributed by atoms with Crippen LogP contribution in [-0.2, 0) is 13.0 Å². The van der Waals surface area contributed by atoms with Gasteiger partial charge in [-0.1, -0.05) is 59.3 Å². The Morgan fingerprint density at radius 3 is 1.61 bits per heavy atom. The molecule has 0 fully saturated rings. The third-order valence-corrected chi connectivity index (χ3v) is 20.4. The Labute approximate surface area is 404 Å². The van der Waals surface area contributed by atoms with E-state index in [1.165, 1.54) is 129 Å². The number of nitrogens with zero attached hydrogens (tertiary/aromatic N) is 7. The van der Waals surface area contributed by atoms with Gasteiger partial charge in [-0.25, -0.2) is 0 Å². The van der Waals surface area contributed by atoms with Gasteiger partial charge in [-0.15, -0.1) is 68.0 Å². The van der Waals surface area contributed by atoms with Crippen molar-refractivity contribution in [3.8, 4) is 61.5 Å². The highest BCUT2D eigenvalue weighted by Gasteiger charge is 2.25. The molecule has 0 radical (unpaired) electrons. The number of pyridine rings is 2. The zero-order valence-corrected chi connectivity index (χ0v) is 42.5. The van der Waals surface area contributed by atoms with E-state index in [1.807, 2.05) is 69.1 Å². The molecule has 11 aromatic rings. The molecule has 15 heteroatoms. The molecule has 7 nitrogen and oxygen atoms in total. The average molecular weight is 988 g/mol. The van der Waals surface area contributed by atoms with Crippen molar-refractivity contribution in [3.63, 3.8) is 0 Å². The standard InChI is InChI=1S/C49H45N7S8/c1-5-8-10-11-13-29-15-17-37(58-29)39-21-19-35(60-39)31-25-51-45(47-43(31)53-64-55-47)41-23-33-49(62-41)48-32(56(33)26-28(7-3)12-9-6-2)22-40(61-48)44-46-42(52-63-54-46)30(24-50-44)34-18-20-38(59-34)36-16-14-27(4)57-36/h14-25,28H,5-13,26H2,1-4H3. The van der Waals surface area contributed by atoms with Crippen molar-refractivity contribution in [2.75, 3.05) is 0 Å². The van der Waals surface area contributed by atoms with Crippen LogP contribution in [0.3, 0.4) is 0 Å². The van der Waals surface area contributed by atoms with Crippen LogP contribution in [0.25, 0.3) is 104 Å². The van der Waals surface area contributed by atoms with Crippen molar-refractivity contribution < 1.29 is 0 Å². The molecule has 0 aliphatic carbocycles. The average Bonchev–Trinajstić information content (AvgIpc) is 4.15. The van der Waals surface area contributed by atoms with E-state index >= 15 is 0 Å². The lowest BCUT2D eigenvalue weighted by molar-refractivity contribution is 0.401. The second-order valence-electron chi connectivity index (χ2n) is 16.5. The molecule has 0 saturated carbocycles. The van der Waals surface area contributed by atoms with Gasteiger partial charge >= 0.3 is 0 Å². The molecule has 11 rings (SSSR count). The minimum atomic E-state index is 0.584. The number of aryl methyl sites for hydroxylation is 2. The summed E-state index contributed by atoms with van der Waals surface area (Å²) >= 11 is 13.6. The molecule has 0 aliphatic rings. The summed E-state index contributed by atoms with van der Waals surface area (Å²) in [7, 11) is 0. The summed E-state index contributed by atoms with van der Waals surface area (Å²) in [6.07, 6.45) is 15.2. The van der Waals surface area contributed by atoms with Crippen LogP contribution >= 0.6 is 91.5 Å². The molecule has 64 heavy (non-hydrogen) atoms. The van der Waals surface area contributed by atoms with Crippen molar-refractivity contribution >= 4 is 134 Å². The minimum absolute atomic E-state index is 0.584. The highest BCUT2D eigenvalue weighted by atomic mass is 32.1. The van der Waals surface area contributed by atoms with Crippen LogP contribution in [-0.4, -0.2) is 32.0 Å². The fourth-order valence-electron chi connectivity index (χ4n) is 8.66. The van der Waals surface area contributed by atoms with Crippen LogP contribution in [0.1, 0.15) is 81.9 Å². The monoisotopic (exact) mass is 987 g/mol. The Morgan fingerprint density at radius 1 is 0.516 bits per heavy atom. The predicted molar refractivity (Wildman–Crippen MR) is 283 cm³/mol. The molecule has 1 atom stereocenters. The summed E-state index contributed by atoms with van der Waals surface area (Å²) < 4.78 is 24.7. The summed E-state index contributed by atoms with van der Waals surface area (Å²) in [5, 5.41) is 0. The van der Waals surface area contributed by atoms with E-state index in [0.29, 0.717) is 5.92 Å². The molecule has 0 aliphatic heterocycles. The summed E-state index contributed by atoms with van der Waals surface area (Å²) in [5.74, 6) is 0.584. The largest absolute Gasteiger partial charge is 0.339 e. The Hall–Kier alpha value is -4.06. The Morgan fingerprint density at radius 2 is 1.05 bits per heavy atom. The predicted octanol–water partition coefficient (Wildman–Crippen LogP) is 17.6. The molecule has 324 valence electrons. The Balaban J connectivity index is 0.951. The highest BCUT2D eigenvalue weighted by molar-refractivity contribution is 7.30. The summed E-state index contributed by atoms with van der Waals surface area (Å²) in [6.45, 7) is 10.0. The molecule has 11 aromatic heterocycles. The highest BCUT2D eigenvalue weighted by Crippen LogP contribution is 2.49. The first kappa shape index (κ1) is 42.6. The van der Waals surface area contributed by atoms with Gasteiger partial charge in [0.25, 0.3) is 0 Å². The fraction of sp³-hybridized carbons (Fsp3) is 0.306. The molecule has 0 saturated heterocycles. The van der Waals surface area contributed by atoms with E-state index in [1.54, 1.807) is 11.3 Å². The maximum atomic E-state index is 5.19. The second kappa shape index (κ2) is 18.3. The first-order valence-electron chi connectivity index (χ1n) is 22.1. The molecule has 11 heterocycles. The van der Waals surface area contributed by atoms with Gasteiger partial charge in [0.15, 0.2) is 0 Å². The van der Waals surface area contributed by atoms with Crippen molar-refractivity contribution in [1.29, 1.82) is 0 Å². The maximum Gasteiger partial charge on any atom is 0.132 e. The number of fused-ring (bicyclic) bond motifs is 5. The van der Waals surface area contributed by atoms with Gasteiger partial charge < -0.3 is 4.57 Å². The Bertz CT molecular complexity index is 3400. The van der Waals surface area contributed by atoms with E-state index in [9.17, 15) is 0 Å². The smallest absolute Gasteiger partial charge is 0.132 e. The van der Waals surface area contributed by atoms with Gasteiger partial charge in [-0.3, -0.25) is 9.97 Å². The van der Waals surface area contributed by atoms with E-state index < -0.39 is 0 Å². The lowest BCUT2D eigenvalue weighted by Crippen LogP contribution is -2.09. The molecular formula is C49H45N7S8. The third kappa shape index (κ3) is 7.93. The van der Waals surface area contributed by atoms with Gasteiger partial charge in [0.2, 0.25) is 0 Å². The number of hydrogen-bond donors (Lipinski definition) is 0. The second-order valence-corrected chi connectivity index (χ2v) is 24.2. The summed E-state index contributed by atoms with van der Waals surface area (Å²) in [4.78, 5) is 22.9. The van der Waals surface area contributed by atoms with Gasteiger partial charge in [-0.2, -0.15) is 17.5 Å². The quantitative estimate of drug-likeness (QED) is 0.0846. The number of aromatic nitrogens is 7. The first-order valence-corrected chi connectivity index (χ1v) is 28.5. The van der Waals surface area contributed by atoms with Gasteiger partial charge in [0, 0.05) is 69.1 Å². The molecule has 0 aromatic carbocycles. The molecule has 0 N–H and O–H groups in total. The number of thiophene rings is 6. The van der Waals surface area contributed by atoms with Crippen LogP contribution in [0.15, 0.2) is 73.1 Å². The topological polar surface area (TPSA) is 82.3 Å². The van der Waals surface area contributed by atoms with E-state index in [-0.39, 0.29) is 0 Å². The van der Waals surface area contributed by atoms with E-state index in [0.717, 1.165) is 72.2 Å². The maximum absolute atomic E-state index is 5.19. The zero-order chi connectivity index (χ0) is 43.3. The van der Waals surface area contributed by atoms with Crippen LogP contribution in [0, 0.1) is 12.8 Å². The van der Waals surface area contributed by atoms with Crippen LogP contribution in [0.4, 0.5) is 0 Å². The number of hydrogen-bond acceptors (Lipinski definition) is 14. The third-order valence-electron chi connectivity index (χ3n) is 12.2. The van der Waals surface area contributed by atoms with E-state index in [4.69, 9.17) is 27.5 Å². The first-order chi connectivity index (χ1) is 31.5. The fourth-order valence-corrected chi connectivity index (χ4v) is 16.4.